The standard InChI is InChI=1S/C13H16ClN3O/c14-10-5-8-3-4-18-12(8)9(6-10)7-16-13(15)17-11-1-2-11/h5-6,11H,1-4,7H2,(H3,15,16,17). The van der Waals surface area contributed by atoms with Gasteiger partial charge < -0.3 is 15.8 Å². The Morgan fingerprint density at radius 2 is 2.33 bits per heavy atom. The average Bonchev–Trinajstić information content (AvgIpc) is 3.01. The largest absolute Gasteiger partial charge is 0.493 e. The third kappa shape index (κ3) is 2.53. The van der Waals surface area contributed by atoms with Crippen LogP contribution in [0.2, 0.25) is 5.02 Å². The first-order valence-electron chi connectivity index (χ1n) is 6.23. The number of hydrogen-bond donors (Lipinski definition) is 2. The van der Waals surface area contributed by atoms with Gasteiger partial charge >= 0.3 is 0 Å². The Hall–Kier alpha value is -1.42. The number of nitrogens with zero attached hydrogens (tertiary/aromatic N) is 1. The zero-order valence-electron chi connectivity index (χ0n) is 10.1. The highest BCUT2D eigenvalue weighted by molar-refractivity contribution is 6.30. The van der Waals surface area contributed by atoms with E-state index >= 15 is 0 Å². The van der Waals surface area contributed by atoms with Crippen LogP contribution < -0.4 is 15.8 Å². The highest BCUT2D eigenvalue weighted by atomic mass is 35.5. The number of ether oxygens (including phenoxy) is 1. The first-order chi connectivity index (χ1) is 8.72. The van der Waals surface area contributed by atoms with Crippen molar-refractivity contribution in [1.29, 1.82) is 0 Å². The zero-order chi connectivity index (χ0) is 12.5. The van der Waals surface area contributed by atoms with E-state index in [1.54, 1.807) is 0 Å². The Bertz CT molecular complexity index is 497. The minimum Gasteiger partial charge on any atom is -0.493 e. The van der Waals surface area contributed by atoms with Gasteiger partial charge in [0.1, 0.15) is 5.75 Å². The quantitative estimate of drug-likeness (QED) is 0.648. The predicted octanol–water partition coefficient (Wildman–Crippen LogP) is 1.84. The molecule has 1 aliphatic heterocycles. The smallest absolute Gasteiger partial charge is 0.189 e. The Balaban J connectivity index is 1.75. The number of nitrogens with one attached hydrogen (secondary N) is 1. The van der Waals surface area contributed by atoms with E-state index in [-0.39, 0.29) is 0 Å². The molecule has 0 bridgehead atoms. The lowest BCUT2D eigenvalue weighted by Crippen LogP contribution is -2.33. The van der Waals surface area contributed by atoms with Crippen LogP contribution in [0.4, 0.5) is 0 Å². The van der Waals surface area contributed by atoms with E-state index in [0.29, 0.717) is 18.5 Å². The summed E-state index contributed by atoms with van der Waals surface area (Å²) >= 11 is 6.09. The average molecular weight is 266 g/mol. The van der Waals surface area contributed by atoms with Gasteiger partial charge in [0, 0.05) is 23.0 Å². The van der Waals surface area contributed by atoms with Crippen molar-refractivity contribution < 1.29 is 4.74 Å². The number of halogens is 1. The summed E-state index contributed by atoms with van der Waals surface area (Å²) in [5.41, 5.74) is 7.99. The van der Waals surface area contributed by atoms with Crippen LogP contribution in [-0.4, -0.2) is 18.6 Å². The van der Waals surface area contributed by atoms with Crippen LogP contribution in [0.5, 0.6) is 5.75 Å². The third-order valence-electron chi connectivity index (χ3n) is 3.17. The Labute approximate surface area is 111 Å². The number of rotatable bonds is 3. The van der Waals surface area contributed by atoms with Gasteiger partial charge in [-0.2, -0.15) is 0 Å². The van der Waals surface area contributed by atoms with Crippen molar-refractivity contribution >= 4 is 17.6 Å². The number of guanidine groups is 1. The molecule has 1 saturated carbocycles. The van der Waals surface area contributed by atoms with Gasteiger partial charge in [0.25, 0.3) is 0 Å². The van der Waals surface area contributed by atoms with Crippen LogP contribution >= 0.6 is 11.6 Å². The van der Waals surface area contributed by atoms with Crippen molar-refractivity contribution in [3.63, 3.8) is 0 Å². The molecule has 0 amide bonds. The van der Waals surface area contributed by atoms with Gasteiger partial charge in [0.2, 0.25) is 0 Å². The first kappa shape index (κ1) is 11.7. The van der Waals surface area contributed by atoms with Crippen LogP contribution in [-0.2, 0) is 13.0 Å². The number of aliphatic imine (C=N–C) groups is 1. The second-order valence-electron chi connectivity index (χ2n) is 4.77. The second-order valence-corrected chi connectivity index (χ2v) is 5.21. The number of fused-ring (bicyclic) bond motifs is 1. The van der Waals surface area contributed by atoms with Crippen LogP contribution in [0, 0.1) is 0 Å². The van der Waals surface area contributed by atoms with E-state index in [9.17, 15) is 0 Å². The molecular weight excluding hydrogens is 250 g/mol. The lowest BCUT2D eigenvalue weighted by Gasteiger charge is -2.08. The van der Waals surface area contributed by atoms with Crippen molar-refractivity contribution in [3.8, 4) is 5.75 Å². The molecule has 0 aromatic heterocycles. The molecule has 1 fully saturated rings. The van der Waals surface area contributed by atoms with Gasteiger partial charge in [-0.05, 0) is 30.5 Å². The molecule has 5 heteroatoms. The molecule has 96 valence electrons. The summed E-state index contributed by atoms with van der Waals surface area (Å²) < 4.78 is 5.62. The third-order valence-corrected chi connectivity index (χ3v) is 3.39. The molecule has 0 unspecified atom stereocenters. The number of hydrogen-bond acceptors (Lipinski definition) is 2. The fourth-order valence-electron chi connectivity index (χ4n) is 2.12. The molecule has 4 nitrogen and oxygen atoms in total. The van der Waals surface area contributed by atoms with Gasteiger partial charge in [-0.1, -0.05) is 11.6 Å². The highest BCUT2D eigenvalue weighted by Gasteiger charge is 2.21. The monoisotopic (exact) mass is 265 g/mol. The summed E-state index contributed by atoms with van der Waals surface area (Å²) in [5, 5.41) is 3.89. The fraction of sp³-hybridized carbons (Fsp3) is 0.462. The van der Waals surface area contributed by atoms with Crippen LogP contribution in [0.15, 0.2) is 17.1 Å². The predicted molar refractivity (Wildman–Crippen MR) is 72.1 cm³/mol. The topological polar surface area (TPSA) is 59.6 Å². The lowest BCUT2D eigenvalue weighted by molar-refractivity contribution is 0.353. The van der Waals surface area contributed by atoms with E-state index in [1.807, 2.05) is 12.1 Å². The summed E-state index contributed by atoms with van der Waals surface area (Å²) in [6, 6.07) is 4.39. The van der Waals surface area contributed by atoms with Gasteiger partial charge in [0.05, 0.1) is 13.2 Å². The number of nitrogens with two attached hydrogens (primary N) is 1. The Kier molecular flexibility index (Phi) is 3.04. The molecule has 3 rings (SSSR count). The van der Waals surface area contributed by atoms with Crippen LogP contribution in [0.25, 0.3) is 0 Å². The fourth-order valence-corrected chi connectivity index (χ4v) is 2.38. The summed E-state index contributed by atoms with van der Waals surface area (Å²) in [5.74, 6) is 1.44. The van der Waals surface area contributed by atoms with Crippen molar-refractivity contribution in [2.24, 2.45) is 10.7 Å². The molecule has 1 aromatic rings. The van der Waals surface area contributed by atoms with Gasteiger partial charge in [0.15, 0.2) is 5.96 Å². The zero-order valence-corrected chi connectivity index (χ0v) is 10.8. The number of benzene rings is 1. The van der Waals surface area contributed by atoms with Crippen molar-refractivity contribution in [3.05, 3.63) is 28.3 Å². The van der Waals surface area contributed by atoms with Crippen molar-refractivity contribution in [2.75, 3.05) is 6.61 Å². The van der Waals surface area contributed by atoms with E-state index in [0.717, 1.165) is 29.4 Å². The van der Waals surface area contributed by atoms with Crippen molar-refractivity contribution in [2.45, 2.75) is 31.8 Å². The van der Waals surface area contributed by atoms with Crippen LogP contribution in [0.1, 0.15) is 24.0 Å². The molecule has 1 heterocycles. The van der Waals surface area contributed by atoms with Crippen molar-refractivity contribution in [1.82, 2.24) is 5.32 Å². The lowest BCUT2D eigenvalue weighted by atomic mass is 10.1. The van der Waals surface area contributed by atoms with Gasteiger partial charge in [-0.25, -0.2) is 4.99 Å². The summed E-state index contributed by atoms with van der Waals surface area (Å²) in [6.45, 7) is 1.23. The minimum absolute atomic E-state index is 0.504. The molecule has 0 radical (unpaired) electrons. The molecule has 0 spiro atoms. The molecule has 0 atom stereocenters. The molecule has 3 N–H and O–H groups in total. The summed E-state index contributed by atoms with van der Waals surface area (Å²) in [6.07, 6.45) is 3.29. The van der Waals surface area contributed by atoms with E-state index < -0.39 is 0 Å². The van der Waals surface area contributed by atoms with Gasteiger partial charge in [-0.15, -0.1) is 0 Å². The molecule has 0 saturated heterocycles. The van der Waals surface area contributed by atoms with Gasteiger partial charge in [-0.3, -0.25) is 0 Å². The molecule has 2 aliphatic rings. The summed E-state index contributed by atoms with van der Waals surface area (Å²) in [7, 11) is 0. The van der Waals surface area contributed by atoms with E-state index in [2.05, 4.69) is 10.3 Å². The van der Waals surface area contributed by atoms with Crippen LogP contribution in [0.3, 0.4) is 0 Å². The first-order valence-corrected chi connectivity index (χ1v) is 6.61. The SMILES string of the molecule is NC(=NCc1cc(Cl)cc2c1OCC2)NC1CC1. The maximum Gasteiger partial charge on any atom is 0.189 e. The maximum absolute atomic E-state index is 6.09. The Morgan fingerprint density at radius 3 is 3.11 bits per heavy atom. The highest BCUT2D eigenvalue weighted by Crippen LogP contribution is 2.33. The molecule has 1 aromatic carbocycles. The molecular formula is C13H16ClN3O. The maximum atomic E-state index is 6.09. The normalized spacial score (nSPS) is 18.4. The molecule has 1 aliphatic carbocycles. The minimum atomic E-state index is 0.504. The summed E-state index contributed by atoms with van der Waals surface area (Å²) in [4.78, 5) is 4.34. The molecule has 18 heavy (non-hydrogen) atoms. The Morgan fingerprint density at radius 1 is 1.50 bits per heavy atom. The van der Waals surface area contributed by atoms with E-state index in [4.69, 9.17) is 22.1 Å². The van der Waals surface area contributed by atoms with E-state index in [1.165, 1.54) is 18.4 Å². The second kappa shape index (κ2) is 4.69.